The van der Waals surface area contributed by atoms with Crippen LogP contribution < -0.4 is 4.74 Å². The van der Waals surface area contributed by atoms with Crippen LogP contribution in [0.4, 0.5) is 0 Å². The number of aryl methyl sites for hydroxylation is 1. The number of hydrogen-bond acceptors (Lipinski definition) is 3. The van der Waals surface area contributed by atoms with E-state index in [4.69, 9.17) is 10.1 Å². The van der Waals surface area contributed by atoms with Crippen molar-refractivity contribution in [1.82, 2.24) is 0 Å². The van der Waals surface area contributed by atoms with Gasteiger partial charge in [0.05, 0.1) is 6.21 Å². The molecule has 0 aliphatic rings. The van der Waals surface area contributed by atoms with Gasteiger partial charge < -0.3 is 10.1 Å². The predicted octanol–water partition coefficient (Wildman–Crippen LogP) is 3.62. The van der Waals surface area contributed by atoms with Gasteiger partial charge in [0.2, 0.25) is 5.78 Å². The second-order valence-corrected chi connectivity index (χ2v) is 3.95. The molecule has 1 N–H and O–H groups in total. The molecule has 2 rings (SSSR count). The van der Waals surface area contributed by atoms with E-state index in [0.29, 0.717) is 11.3 Å². The van der Waals surface area contributed by atoms with Crippen LogP contribution in [0, 0.1) is 12.3 Å². The predicted molar refractivity (Wildman–Crippen MR) is 70.8 cm³/mol. The largest absolute Gasteiger partial charge is 0.457 e. The highest BCUT2D eigenvalue weighted by Crippen LogP contribution is 2.22. The molecule has 2 aromatic carbocycles. The van der Waals surface area contributed by atoms with Crippen molar-refractivity contribution in [3.05, 3.63) is 59.7 Å². The van der Waals surface area contributed by atoms with Gasteiger partial charge in [-0.3, -0.25) is 4.79 Å². The molecule has 0 aromatic heterocycles. The SMILES string of the molecule is Cc1ccc(Oc2cccc(C(=O)C=N)c2)cc1. The van der Waals surface area contributed by atoms with Crippen LogP contribution in [-0.4, -0.2) is 12.0 Å². The molecule has 3 heteroatoms. The zero-order valence-electron chi connectivity index (χ0n) is 10.0. The maximum Gasteiger partial charge on any atom is 0.203 e. The van der Waals surface area contributed by atoms with E-state index in [-0.39, 0.29) is 5.78 Å². The van der Waals surface area contributed by atoms with E-state index in [0.717, 1.165) is 17.5 Å². The lowest BCUT2D eigenvalue weighted by atomic mass is 10.1. The van der Waals surface area contributed by atoms with E-state index in [1.165, 1.54) is 0 Å². The van der Waals surface area contributed by atoms with Crippen molar-refractivity contribution < 1.29 is 9.53 Å². The molecule has 0 aliphatic carbocycles. The first-order valence-corrected chi connectivity index (χ1v) is 5.58. The summed E-state index contributed by atoms with van der Waals surface area (Å²) < 4.78 is 5.64. The molecule has 0 bridgehead atoms. The number of carbonyl (C=O) groups is 1. The van der Waals surface area contributed by atoms with Gasteiger partial charge in [-0.25, -0.2) is 0 Å². The number of rotatable bonds is 4. The summed E-state index contributed by atoms with van der Waals surface area (Å²) in [5, 5.41) is 6.95. The molecule has 90 valence electrons. The molecule has 0 fully saturated rings. The van der Waals surface area contributed by atoms with Gasteiger partial charge in [0, 0.05) is 5.56 Å². The fraction of sp³-hybridized carbons (Fsp3) is 0.0667. The van der Waals surface area contributed by atoms with Crippen molar-refractivity contribution in [2.24, 2.45) is 0 Å². The molecule has 0 radical (unpaired) electrons. The summed E-state index contributed by atoms with van der Waals surface area (Å²) in [6.45, 7) is 2.01. The molecule has 0 atom stereocenters. The summed E-state index contributed by atoms with van der Waals surface area (Å²) in [6.07, 6.45) is 0.797. The van der Waals surface area contributed by atoms with Crippen LogP contribution in [0.2, 0.25) is 0 Å². The number of carbonyl (C=O) groups excluding carboxylic acids is 1. The molecule has 18 heavy (non-hydrogen) atoms. The van der Waals surface area contributed by atoms with Crippen molar-refractivity contribution in [3.63, 3.8) is 0 Å². The van der Waals surface area contributed by atoms with Crippen molar-refractivity contribution >= 4 is 12.0 Å². The number of ether oxygens (including phenoxy) is 1. The Labute approximate surface area is 106 Å². The smallest absolute Gasteiger partial charge is 0.203 e. The van der Waals surface area contributed by atoms with Crippen LogP contribution >= 0.6 is 0 Å². The Morgan fingerprint density at radius 3 is 2.50 bits per heavy atom. The normalized spacial score (nSPS) is 9.83. The van der Waals surface area contributed by atoms with Crippen molar-refractivity contribution in [2.45, 2.75) is 6.92 Å². The highest BCUT2D eigenvalue weighted by molar-refractivity contribution is 6.34. The summed E-state index contributed by atoms with van der Waals surface area (Å²) in [4.78, 5) is 11.4. The Kier molecular flexibility index (Phi) is 3.53. The molecule has 2 aromatic rings. The molecule has 3 nitrogen and oxygen atoms in total. The van der Waals surface area contributed by atoms with Gasteiger partial charge in [-0.15, -0.1) is 0 Å². The summed E-state index contributed by atoms with van der Waals surface area (Å²) in [7, 11) is 0. The van der Waals surface area contributed by atoms with E-state index in [1.54, 1.807) is 24.3 Å². The Morgan fingerprint density at radius 1 is 1.11 bits per heavy atom. The first-order chi connectivity index (χ1) is 8.69. The number of benzene rings is 2. The van der Waals surface area contributed by atoms with Crippen LogP contribution in [0.5, 0.6) is 11.5 Å². The zero-order valence-corrected chi connectivity index (χ0v) is 10.0. The maximum absolute atomic E-state index is 11.4. The van der Waals surface area contributed by atoms with Crippen LogP contribution in [-0.2, 0) is 0 Å². The number of hydrogen-bond donors (Lipinski definition) is 1. The minimum absolute atomic E-state index is 0.329. The quantitative estimate of drug-likeness (QED) is 0.654. The average molecular weight is 239 g/mol. The molecule has 0 heterocycles. The summed E-state index contributed by atoms with van der Waals surface area (Å²) in [5.41, 5.74) is 1.62. The second kappa shape index (κ2) is 5.27. The van der Waals surface area contributed by atoms with Crippen molar-refractivity contribution in [2.75, 3.05) is 0 Å². The van der Waals surface area contributed by atoms with Crippen LogP contribution in [0.25, 0.3) is 0 Å². The number of nitrogens with one attached hydrogen (secondary N) is 1. The molecule has 0 unspecified atom stereocenters. The third-order valence-electron chi connectivity index (χ3n) is 2.51. The minimum atomic E-state index is -0.329. The van der Waals surface area contributed by atoms with Gasteiger partial charge in [-0.05, 0) is 31.2 Å². The fourth-order valence-corrected chi connectivity index (χ4v) is 1.54. The lowest BCUT2D eigenvalue weighted by Gasteiger charge is -2.06. The summed E-state index contributed by atoms with van der Waals surface area (Å²) in [6, 6.07) is 14.5. The van der Waals surface area contributed by atoms with E-state index in [1.807, 2.05) is 31.2 Å². The lowest BCUT2D eigenvalue weighted by molar-refractivity contribution is 0.107. The van der Waals surface area contributed by atoms with Crippen LogP contribution in [0.3, 0.4) is 0 Å². The fourth-order valence-electron chi connectivity index (χ4n) is 1.54. The molecule has 0 saturated heterocycles. The van der Waals surface area contributed by atoms with Gasteiger partial charge in [-0.1, -0.05) is 29.8 Å². The van der Waals surface area contributed by atoms with Gasteiger partial charge in [-0.2, -0.15) is 0 Å². The van der Waals surface area contributed by atoms with Gasteiger partial charge in [0.15, 0.2) is 0 Å². The first-order valence-electron chi connectivity index (χ1n) is 5.58. The van der Waals surface area contributed by atoms with Crippen molar-refractivity contribution in [1.29, 1.82) is 5.41 Å². The van der Waals surface area contributed by atoms with Crippen LogP contribution in [0.1, 0.15) is 15.9 Å². The summed E-state index contributed by atoms with van der Waals surface area (Å²) >= 11 is 0. The molecular formula is C15H13NO2. The third kappa shape index (κ3) is 2.83. The third-order valence-corrected chi connectivity index (χ3v) is 2.51. The highest BCUT2D eigenvalue weighted by Gasteiger charge is 2.04. The Balaban J connectivity index is 2.21. The molecule has 0 amide bonds. The van der Waals surface area contributed by atoms with Gasteiger partial charge in [0.1, 0.15) is 11.5 Å². The monoisotopic (exact) mass is 239 g/mol. The van der Waals surface area contributed by atoms with Gasteiger partial charge in [0.25, 0.3) is 0 Å². The van der Waals surface area contributed by atoms with Gasteiger partial charge >= 0.3 is 0 Å². The van der Waals surface area contributed by atoms with E-state index in [9.17, 15) is 4.79 Å². The van der Waals surface area contributed by atoms with E-state index < -0.39 is 0 Å². The summed E-state index contributed by atoms with van der Waals surface area (Å²) in [5.74, 6) is 0.982. The Bertz CT molecular complexity index is 573. The average Bonchev–Trinajstić information content (AvgIpc) is 2.41. The highest BCUT2D eigenvalue weighted by atomic mass is 16.5. The Hall–Kier alpha value is -2.42. The topological polar surface area (TPSA) is 50.2 Å². The maximum atomic E-state index is 11.4. The molecule has 0 aliphatic heterocycles. The number of Topliss-reactive ketones (excluding diaryl/α,β-unsaturated/α-hetero) is 1. The second-order valence-electron chi connectivity index (χ2n) is 3.95. The van der Waals surface area contributed by atoms with E-state index in [2.05, 4.69) is 0 Å². The lowest BCUT2D eigenvalue weighted by Crippen LogP contribution is -1.99. The standard InChI is InChI=1S/C15H13NO2/c1-11-5-7-13(8-6-11)18-14-4-2-3-12(9-14)15(17)10-16/h2-10,16H,1H3. The minimum Gasteiger partial charge on any atom is -0.457 e. The van der Waals surface area contributed by atoms with Crippen molar-refractivity contribution in [3.8, 4) is 11.5 Å². The zero-order chi connectivity index (χ0) is 13.0. The van der Waals surface area contributed by atoms with E-state index >= 15 is 0 Å². The molecule has 0 saturated carbocycles. The first kappa shape index (κ1) is 12.0. The number of ketones is 1. The van der Waals surface area contributed by atoms with Crippen LogP contribution in [0.15, 0.2) is 48.5 Å². The molecular weight excluding hydrogens is 226 g/mol. The Morgan fingerprint density at radius 2 is 1.83 bits per heavy atom. The molecule has 0 spiro atoms.